The second kappa shape index (κ2) is 5.60. The van der Waals surface area contributed by atoms with Gasteiger partial charge in [-0.05, 0) is 43.7 Å². The van der Waals surface area contributed by atoms with Crippen LogP contribution in [-0.2, 0) is 18.3 Å². The van der Waals surface area contributed by atoms with E-state index in [2.05, 4.69) is 15.3 Å². The highest BCUT2D eigenvalue weighted by atomic mass is 16.1. The number of nitrogens with one attached hydrogen (secondary N) is 1. The number of hydrogen-bond donors (Lipinski definition) is 1. The van der Waals surface area contributed by atoms with Gasteiger partial charge < -0.3 is 9.88 Å². The Bertz CT molecular complexity index is 851. The Labute approximate surface area is 129 Å². The van der Waals surface area contributed by atoms with Gasteiger partial charge in [-0.15, -0.1) is 0 Å². The molecule has 1 N–H and O–H groups in total. The first-order valence-electron chi connectivity index (χ1n) is 7.17. The number of aromatic nitrogens is 3. The van der Waals surface area contributed by atoms with E-state index in [9.17, 15) is 4.79 Å². The molecule has 2 heterocycles. The van der Waals surface area contributed by atoms with Crippen LogP contribution in [0, 0.1) is 13.8 Å². The molecule has 3 rings (SSSR count). The zero-order chi connectivity index (χ0) is 15.7. The van der Waals surface area contributed by atoms with Crippen molar-refractivity contribution in [1.29, 1.82) is 0 Å². The van der Waals surface area contributed by atoms with Gasteiger partial charge in [0.05, 0.1) is 17.5 Å². The molecule has 0 aliphatic rings. The van der Waals surface area contributed by atoms with E-state index < -0.39 is 0 Å². The summed E-state index contributed by atoms with van der Waals surface area (Å²) in [6.45, 7) is 3.87. The van der Waals surface area contributed by atoms with Crippen molar-refractivity contribution in [3.8, 4) is 0 Å². The van der Waals surface area contributed by atoms with Gasteiger partial charge in [0.15, 0.2) is 0 Å². The lowest BCUT2D eigenvalue weighted by Gasteiger charge is -2.06. The highest BCUT2D eigenvalue weighted by Crippen LogP contribution is 2.17. The Morgan fingerprint density at radius 1 is 1.23 bits per heavy atom. The summed E-state index contributed by atoms with van der Waals surface area (Å²) >= 11 is 0. The normalized spacial score (nSPS) is 10.9. The van der Waals surface area contributed by atoms with Gasteiger partial charge in [-0.25, -0.2) is 4.98 Å². The first kappa shape index (κ1) is 14.3. The van der Waals surface area contributed by atoms with E-state index in [1.165, 1.54) is 0 Å². The monoisotopic (exact) mass is 294 g/mol. The number of rotatable bonds is 3. The van der Waals surface area contributed by atoms with Crippen LogP contribution in [-0.4, -0.2) is 20.4 Å². The first-order chi connectivity index (χ1) is 10.5. The molecule has 0 saturated heterocycles. The fourth-order valence-corrected chi connectivity index (χ4v) is 2.49. The number of benzene rings is 1. The smallest absolute Gasteiger partial charge is 0.228 e. The first-order valence-corrected chi connectivity index (χ1v) is 7.17. The molecule has 5 nitrogen and oxygen atoms in total. The summed E-state index contributed by atoms with van der Waals surface area (Å²) in [7, 11) is 1.99. The van der Waals surface area contributed by atoms with Crippen LogP contribution in [0.4, 0.5) is 5.69 Å². The SMILES string of the molecule is Cc1cc(NC(=O)Cc2ccc3c(c2)nc(C)n3C)ccn1. The summed E-state index contributed by atoms with van der Waals surface area (Å²) in [4.78, 5) is 20.8. The highest BCUT2D eigenvalue weighted by molar-refractivity contribution is 5.92. The number of pyridine rings is 1. The zero-order valence-corrected chi connectivity index (χ0v) is 12.9. The van der Waals surface area contributed by atoms with Gasteiger partial charge in [0.1, 0.15) is 5.82 Å². The van der Waals surface area contributed by atoms with Crippen molar-refractivity contribution in [1.82, 2.24) is 14.5 Å². The van der Waals surface area contributed by atoms with E-state index in [4.69, 9.17) is 0 Å². The Balaban J connectivity index is 1.76. The Morgan fingerprint density at radius 3 is 2.82 bits per heavy atom. The lowest BCUT2D eigenvalue weighted by atomic mass is 10.1. The predicted molar refractivity (Wildman–Crippen MR) is 86.8 cm³/mol. The van der Waals surface area contributed by atoms with Crippen LogP contribution in [0.15, 0.2) is 36.5 Å². The standard InChI is InChI=1S/C17H18N4O/c1-11-8-14(6-7-18-11)20-17(22)10-13-4-5-16-15(9-13)19-12(2)21(16)3/h4-9H,10H2,1-3H3,(H,18,20,22). The zero-order valence-electron chi connectivity index (χ0n) is 12.9. The second-order valence-corrected chi connectivity index (χ2v) is 5.45. The quantitative estimate of drug-likeness (QED) is 0.808. The van der Waals surface area contributed by atoms with Crippen molar-refractivity contribution in [3.05, 3.63) is 53.6 Å². The maximum absolute atomic E-state index is 12.1. The fourth-order valence-electron chi connectivity index (χ4n) is 2.49. The molecule has 0 radical (unpaired) electrons. The summed E-state index contributed by atoms with van der Waals surface area (Å²) in [6, 6.07) is 9.59. The van der Waals surface area contributed by atoms with Gasteiger partial charge >= 0.3 is 0 Å². The van der Waals surface area contributed by atoms with Crippen LogP contribution in [0.2, 0.25) is 0 Å². The van der Waals surface area contributed by atoms with Crippen LogP contribution < -0.4 is 5.32 Å². The molecule has 0 saturated carbocycles. The molecule has 0 aliphatic carbocycles. The van der Waals surface area contributed by atoms with E-state index in [1.807, 2.05) is 49.7 Å². The Hall–Kier alpha value is -2.69. The fraction of sp³-hybridized carbons (Fsp3) is 0.235. The molecule has 2 aromatic heterocycles. The van der Waals surface area contributed by atoms with Crippen LogP contribution in [0.5, 0.6) is 0 Å². The van der Waals surface area contributed by atoms with Gasteiger partial charge in [0.2, 0.25) is 5.91 Å². The van der Waals surface area contributed by atoms with Gasteiger partial charge in [0.25, 0.3) is 0 Å². The van der Waals surface area contributed by atoms with Gasteiger partial charge in [0, 0.05) is 24.6 Å². The van der Waals surface area contributed by atoms with E-state index in [-0.39, 0.29) is 5.91 Å². The molecule has 0 aliphatic heterocycles. The minimum Gasteiger partial charge on any atom is -0.331 e. The second-order valence-electron chi connectivity index (χ2n) is 5.45. The molecule has 3 aromatic rings. The van der Waals surface area contributed by atoms with Crippen molar-refractivity contribution >= 4 is 22.6 Å². The van der Waals surface area contributed by atoms with Gasteiger partial charge in [-0.2, -0.15) is 0 Å². The number of fused-ring (bicyclic) bond motifs is 1. The van der Waals surface area contributed by atoms with E-state index in [1.54, 1.807) is 12.3 Å². The number of aryl methyl sites for hydroxylation is 3. The predicted octanol–water partition coefficient (Wildman–Crippen LogP) is 2.77. The minimum atomic E-state index is -0.0439. The number of nitrogens with zero attached hydrogens (tertiary/aromatic N) is 3. The van der Waals surface area contributed by atoms with E-state index >= 15 is 0 Å². The van der Waals surface area contributed by atoms with Crippen molar-refractivity contribution < 1.29 is 4.79 Å². The largest absolute Gasteiger partial charge is 0.331 e. The van der Waals surface area contributed by atoms with Crippen LogP contribution in [0.3, 0.4) is 0 Å². The Kier molecular flexibility index (Phi) is 3.63. The molecule has 0 bridgehead atoms. The third-order valence-corrected chi connectivity index (χ3v) is 3.71. The number of carbonyl (C=O) groups excluding carboxylic acids is 1. The summed E-state index contributed by atoms with van der Waals surface area (Å²) in [5, 5.41) is 2.89. The molecular formula is C17H18N4O. The average molecular weight is 294 g/mol. The maximum Gasteiger partial charge on any atom is 0.228 e. The van der Waals surface area contributed by atoms with Gasteiger partial charge in [-0.3, -0.25) is 9.78 Å². The number of carbonyl (C=O) groups is 1. The van der Waals surface area contributed by atoms with Crippen LogP contribution in [0.25, 0.3) is 11.0 Å². The van der Waals surface area contributed by atoms with Crippen molar-refractivity contribution in [3.63, 3.8) is 0 Å². The topological polar surface area (TPSA) is 59.8 Å². The minimum absolute atomic E-state index is 0.0439. The van der Waals surface area contributed by atoms with Crippen LogP contribution >= 0.6 is 0 Å². The highest BCUT2D eigenvalue weighted by Gasteiger charge is 2.08. The summed E-state index contributed by atoms with van der Waals surface area (Å²) in [6.07, 6.45) is 2.01. The van der Waals surface area contributed by atoms with Crippen LogP contribution in [0.1, 0.15) is 17.1 Å². The van der Waals surface area contributed by atoms with Crippen molar-refractivity contribution in [2.24, 2.45) is 7.05 Å². The maximum atomic E-state index is 12.1. The number of amides is 1. The third-order valence-electron chi connectivity index (χ3n) is 3.71. The number of hydrogen-bond acceptors (Lipinski definition) is 3. The molecule has 5 heteroatoms. The molecule has 22 heavy (non-hydrogen) atoms. The third kappa shape index (κ3) is 2.83. The summed E-state index contributed by atoms with van der Waals surface area (Å²) in [5.74, 6) is 0.918. The van der Waals surface area contributed by atoms with E-state index in [0.717, 1.165) is 33.8 Å². The van der Waals surface area contributed by atoms with Gasteiger partial charge in [-0.1, -0.05) is 6.07 Å². The number of imidazole rings is 1. The van der Waals surface area contributed by atoms with Crippen molar-refractivity contribution in [2.45, 2.75) is 20.3 Å². The molecule has 0 atom stereocenters. The molecule has 0 spiro atoms. The molecule has 112 valence electrons. The summed E-state index contributed by atoms with van der Waals surface area (Å²) in [5.41, 5.74) is 4.60. The summed E-state index contributed by atoms with van der Waals surface area (Å²) < 4.78 is 2.04. The molecular weight excluding hydrogens is 276 g/mol. The lowest BCUT2D eigenvalue weighted by molar-refractivity contribution is -0.115. The lowest BCUT2D eigenvalue weighted by Crippen LogP contribution is -2.14. The van der Waals surface area contributed by atoms with E-state index in [0.29, 0.717) is 6.42 Å². The number of anilines is 1. The average Bonchev–Trinajstić information content (AvgIpc) is 2.73. The molecule has 0 fully saturated rings. The molecule has 0 unspecified atom stereocenters. The molecule has 1 amide bonds. The van der Waals surface area contributed by atoms with Crippen molar-refractivity contribution in [2.75, 3.05) is 5.32 Å². The molecule has 1 aromatic carbocycles. The Morgan fingerprint density at radius 2 is 2.05 bits per heavy atom.